The Kier molecular flexibility index (Phi) is 3.93. The molecule has 3 aromatic rings. The molecular formula is C18H16FNO. The maximum Gasteiger partial charge on any atom is 0.126 e. The van der Waals surface area contributed by atoms with Gasteiger partial charge in [-0.25, -0.2) is 4.39 Å². The molecule has 3 heteroatoms. The zero-order chi connectivity index (χ0) is 14.7. The van der Waals surface area contributed by atoms with Crippen LogP contribution in [0.1, 0.15) is 11.3 Å². The molecule has 1 N–H and O–H groups in total. The van der Waals surface area contributed by atoms with Crippen molar-refractivity contribution in [3.05, 3.63) is 77.7 Å². The summed E-state index contributed by atoms with van der Waals surface area (Å²) in [5, 5.41) is 11.2. The first-order chi connectivity index (χ1) is 10.2. The molecule has 1 unspecified atom stereocenters. The van der Waals surface area contributed by atoms with E-state index in [9.17, 15) is 9.50 Å². The number of hydrogen-bond acceptors (Lipinski definition) is 2. The van der Waals surface area contributed by atoms with Crippen LogP contribution in [0.4, 0.5) is 4.39 Å². The summed E-state index contributed by atoms with van der Waals surface area (Å²) in [6, 6.07) is 18.3. The molecule has 2 aromatic carbocycles. The van der Waals surface area contributed by atoms with Crippen molar-refractivity contribution in [1.29, 1.82) is 0 Å². The summed E-state index contributed by atoms with van der Waals surface area (Å²) in [7, 11) is 0. The van der Waals surface area contributed by atoms with Gasteiger partial charge in [-0.3, -0.25) is 4.98 Å². The van der Waals surface area contributed by atoms with Gasteiger partial charge in [0.25, 0.3) is 0 Å². The van der Waals surface area contributed by atoms with E-state index in [-0.39, 0.29) is 5.82 Å². The molecular weight excluding hydrogens is 265 g/mol. The molecule has 3 rings (SSSR count). The topological polar surface area (TPSA) is 33.1 Å². The van der Waals surface area contributed by atoms with Gasteiger partial charge in [-0.15, -0.1) is 0 Å². The molecule has 21 heavy (non-hydrogen) atoms. The second-order valence-corrected chi connectivity index (χ2v) is 5.15. The third kappa shape index (κ3) is 3.26. The van der Waals surface area contributed by atoms with E-state index in [1.165, 1.54) is 6.07 Å². The Labute approximate surface area is 122 Å². The smallest absolute Gasteiger partial charge is 0.126 e. The van der Waals surface area contributed by atoms with Gasteiger partial charge in [-0.05, 0) is 23.8 Å². The third-order valence-corrected chi connectivity index (χ3v) is 3.51. The van der Waals surface area contributed by atoms with Crippen molar-refractivity contribution < 1.29 is 9.50 Å². The molecule has 2 nitrogen and oxygen atoms in total. The van der Waals surface area contributed by atoms with Crippen molar-refractivity contribution in [2.24, 2.45) is 0 Å². The minimum Gasteiger partial charge on any atom is -0.392 e. The quantitative estimate of drug-likeness (QED) is 0.793. The first-order valence-electron chi connectivity index (χ1n) is 6.98. The van der Waals surface area contributed by atoms with Crippen molar-refractivity contribution >= 4 is 10.9 Å². The highest BCUT2D eigenvalue weighted by molar-refractivity contribution is 5.78. The molecule has 106 valence electrons. The fourth-order valence-electron chi connectivity index (χ4n) is 2.45. The number of hydrogen-bond donors (Lipinski definition) is 1. The molecule has 0 spiro atoms. The lowest BCUT2D eigenvalue weighted by Gasteiger charge is -2.11. The molecule has 0 fully saturated rings. The van der Waals surface area contributed by atoms with Gasteiger partial charge in [0.15, 0.2) is 0 Å². The summed E-state index contributed by atoms with van der Waals surface area (Å²) in [6.07, 6.45) is 0.0657. The second kappa shape index (κ2) is 6.02. The number of fused-ring (bicyclic) bond motifs is 1. The number of nitrogens with zero attached hydrogens (tertiary/aromatic N) is 1. The lowest BCUT2D eigenvalue weighted by Crippen LogP contribution is -2.15. The number of aromatic nitrogens is 1. The summed E-state index contributed by atoms with van der Waals surface area (Å²) in [4.78, 5) is 4.53. The molecule has 0 aliphatic heterocycles. The molecule has 1 aromatic heterocycles. The van der Waals surface area contributed by atoms with Crippen LogP contribution in [-0.2, 0) is 12.8 Å². The second-order valence-electron chi connectivity index (χ2n) is 5.15. The molecule has 0 bridgehead atoms. The van der Waals surface area contributed by atoms with E-state index in [0.29, 0.717) is 18.4 Å². The van der Waals surface area contributed by atoms with Gasteiger partial charge < -0.3 is 5.11 Å². The first-order valence-corrected chi connectivity index (χ1v) is 6.98. The molecule has 1 atom stereocenters. The van der Waals surface area contributed by atoms with Gasteiger partial charge in [-0.1, -0.05) is 42.5 Å². The highest BCUT2D eigenvalue weighted by atomic mass is 19.1. The molecule has 0 saturated heterocycles. The fraction of sp³-hybridized carbons (Fsp3) is 0.167. The van der Waals surface area contributed by atoms with Gasteiger partial charge in [-0.2, -0.15) is 0 Å². The minimum atomic E-state index is -0.643. The van der Waals surface area contributed by atoms with E-state index in [1.807, 2.05) is 36.4 Å². The largest absolute Gasteiger partial charge is 0.392 e. The third-order valence-electron chi connectivity index (χ3n) is 3.51. The van der Waals surface area contributed by atoms with Crippen LogP contribution in [-0.4, -0.2) is 16.2 Å². The molecule has 0 saturated carbocycles. The predicted molar refractivity (Wildman–Crippen MR) is 81.6 cm³/mol. The average Bonchev–Trinajstić information content (AvgIpc) is 2.49. The Morgan fingerprint density at radius 1 is 0.905 bits per heavy atom. The SMILES string of the molecule is OC(Cc1ccc2ccccc2n1)Cc1ccccc1F. The van der Waals surface area contributed by atoms with Gasteiger partial charge in [0, 0.05) is 23.9 Å². The number of benzene rings is 2. The van der Waals surface area contributed by atoms with Crippen molar-refractivity contribution in [1.82, 2.24) is 4.98 Å². The number of aliphatic hydroxyl groups is 1. The van der Waals surface area contributed by atoms with E-state index in [0.717, 1.165) is 16.6 Å². The molecule has 0 amide bonds. The van der Waals surface area contributed by atoms with E-state index < -0.39 is 6.10 Å². The lowest BCUT2D eigenvalue weighted by atomic mass is 10.0. The van der Waals surface area contributed by atoms with Crippen LogP contribution in [0.3, 0.4) is 0 Å². The fourth-order valence-corrected chi connectivity index (χ4v) is 2.45. The van der Waals surface area contributed by atoms with Crippen molar-refractivity contribution in [2.75, 3.05) is 0 Å². The zero-order valence-electron chi connectivity index (χ0n) is 11.5. The van der Waals surface area contributed by atoms with Crippen LogP contribution in [0.15, 0.2) is 60.7 Å². The van der Waals surface area contributed by atoms with Gasteiger partial charge in [0.05, 0.1) is 11.6 Å². The Morgan fingerprint density at radius 3 is 2.52 bits per heavy atom. The van der Waals surface area contributed by atoms with Crippen LogP contribution in [0.2, 0.25) is 0 Å². The molecule has 1 heterocycles. The normalized spacial score (nSPS) is 12.5. The van der Waals surface area contributed by atoms with E-state index in [2.05, 4.69) is 4.98 Å². The van der Waals surface area contributed by atoms with Crippen molar-refractivity contribution in [2.45, 2.75) is 18.9 Å². The number of para-hydroxylation sites is 1. The summed E-state index contributed by atoms with van der Waals surface area (Å²) in [6.45, 7) is 0. The average molecular weight is 281 g/mol. The zero-order valence-corrected chi connectivity index (χ0v) is 11.5. The van der Waals surface area contributed by atoms with Crippen LogP contribution in [0.5, 0.6) is 0 Å². The van der Waals surface area contributed by atoms with Crippen LogP contribution in [0, 0.1) is 5.82 Å². The van der Waals surface area contributed by atoms with Crippen LogP contribution < -0.4 is 0 Å². The standard InChI is InChI=1S/C18H16FNO/c19-17-7-3-1-6-14(17)11-16(21)12-15-10-9-13-5-2-4-8-18(13)20-15/h1-10,16,21H,11-12H2. The van der Waals surface area contributed by atoms with E-state index >= 15 is 0 Å². The number of halogens is 1. The summed E-state index contributed by atoms with van der Waals surface area (Å²) >= 11 is 0. The maximum absolute atomic E-state index is 13.6. The lowest BCUT2D eigenvalue weighted by molar-refractivity contribution is 0.173. The first kappa shape index (κ1) is 13.7. The van der Waals surface area contributed by atoms with E-state index in [4.69, 9.17) is 0 Å². The van der Waals surface area contributed by atoms with Crippen molar-refractivity contribution in [3.8, 4) is 0 Å². The Bertz CT molecular complexity index is 757. The summed E-state index contributed by atoms with van der Waals surface area (Å²) in [5.74, 6) is -0.275. The monoisotopic (exact) mass is 281 g/mol. The number of rotatable bonds is 4. The van der Waals surface area contributed by atoms with Crippen LogP contribution in [0.25, 0.3) is 10.9 Å². The highest BCUT2D eigenvalue weighted by Crippen LogP contribution is 2.15. The minimum absolute atomic E-state index is 0.275. The summed E-state index contributed by atoms with van der Waals surface area (Å²) in [5.41, 5.74) is 2.26. The van der Waals surface area contributed by atoms with E-state index in [1.54, 1.807) is 18.2 Å². The van der Waals surface area contributed by atoms with Gasteiger partial charge >= 0.3 is 0 Å². The van der Waals surface area contributed by atoms with Crippen molar-refractivity contribution in [3.63, 3.8) is 0 Å². The Morgan fingerprint density at radius 2 is 1.67 bits per heavy atom. The highest BCUT2D eigenvalue weighted by Gasteiger charge is 2.11. The summed E-state index contributed by atoms with van der Waals surface area (Å²) < 4.78 is 13.6. The number of aliphatic hydroxyl groups excluding tert-OH is 1. The van der Waals surface area contributed by atoms with Gasteiger partial charge in [0.1, 0.15) is 5.82 Å². The molecule has 0 aliphatic carbocycles. The maximum atomic E-state index is 13.6. The Hall–Kier alpha value is -2.26. The number of pyridine rings is 1. The molecule has 0 radical (unpaired) electrons. The molecule has 0 aliphatic rings. The predicted octanol–water partition coefficient (Wildman–Crippen LogP) is 3.52. The van der Waals surface area contributed by atoms with Crippen LogP contribution >= 0.6 is 0 Å². The van der Waals surface area contributed by atoms with Gasteiger partial charge in [0.2, 0.25) is 0 Å². The Balaban J connectivity index is 1.74.